The first-order chi connectivity index (χ1) is 11.3. The van der Waals surface area contributed by atoms with Crippen molar-refractivity contribution in [2.45, 2.75) is 19.3 Å². The molecule has 124 valence electrons. The lowest BCUT2D eigenvalue weighted by Gasteiger charge is -2.15. The molecule has 2 rings (SSSR count). The van der Waals surface area contributed by atoms with Gasteiger partial charge in [0, 0.05) is 25.9 Å². The fourth-order valence-electron chi connectivity index (χ4n) is 2.05. The first-order valence-corrected chi connectivity index (χ1v) is 7.78. The number of nitrogens with zero attached hydrogens (tertiary/aromatic N) is 1. The molecule has 1 heterocycles. The Morgan fingerprint density at radius 1 is 1.09 bits per heavy atom. The third kappa shape index (κ3) is 6.16. The van der Waals surface area contributed by atoms with Gasteiger partial charge in [-0.3, -0.25) is 4.90 Å². The lowest BCUT2D eigenvalue weighted by atomic mass is 10.1. The lowest BCUT2D eigenvalue weighted by Crippen LogP contribution is -2.23. The number of methoxy groups -OCH3 is 1. The number of benzene rings is 1. The average Bonchev–Trinajstić information content (AvgIpc) is 2.61. The minimum atomic E-state index is -0.361. The van der Waals surface area contributed by atoms with Crippen molar-refractivity contribution < 1.29 is 19.0 Å². The van der Waals surface area contributed by atoms with Crippen molar-refractivity contribution in [3.05, 3.63) is 54.4 Å². The van der Waals surface area contributed by atoms with Crippen molar-refractivity contribution in [1.29, 1.82) is 0 Å². The third-order valence-corrected chi connectivity index (χ3v) is 3.32. The third-order valence-electron chi connectivity index (χ3n) is 3.32. The minimum Gasteiger partial charge on any atom is -0.493 e. The van der Waals surface area contributed by atoms with Gasteiger partial charge in [-0.25, -0.2) is 4.79 Å². The van der Waals surface area contributed by atoms with Crippen molar-refractivity contribution in [3.8, 4) is 5.75 Å². The van der Waals surface area contributed by atoms with E-state index in [0.29, 0.717) is 26.2 Å². The normalized spacial score (nSPS) is 13.2. The van der Waals surface area contributed by atoms with Gasteiger partial charge in [0.1, 0.15) is 5.75 Å². The highest BCUT2D eigenvalue weighted by Gasteiger charge is 2.10. The Kier molecular flexibility index (Phi) is 7.20. The molecule has 0 unspecified atom stereocenters. The predicted octanol–water partition coefficient (Wildman–Crippen LogP) is 3.51. The number of carbonyl (C=O) groups is 1. The van der Waals surface area contributed by atoms with E-state index in [1.165, 1.54) is 10.5 Å². The van der Waals surface area contributed by atoms with Gasteiger partial charge in [0.25, 0.3) is 0 Å². The maximum Gasteiger partial charge on any atom is 0.417 e. The van der Waals surface area contributed by atoms with Crippen molar-refractivity contribution in [2.75, 3.05) is 26.9 Å². The fraction of sp³-hybridized carbons (Fsp3) is 0.389. The van der Waals surface area contributed by atoms with Crippen molar-refractivity contribution in [2.24, 2.45) is 0 Å². The number of rotatable bonds is 8. The molecule has 1 aliphatic heterocycles. The van der Waals surface area contributed by atoms with Gasteiger partial charge in [-0.2, -0.15) is 0 Å². The van der Waals surface area contributed by atoms with Crippen LogP contribution in [0.4, 0.5) is 4.79 Å². The SMILES string of the molecule is COCCc1ccc(OCCCOC(=O)N2C=CCC=C2)cc1. The highest BCUT2D eigenvalue weighted by molar-refractivity contribution is 5.70. The molecular formula is C18H23NO4. The zero-order valence-electron chi connectivity index (χ0n) is 13.4. The van der Waals surface area contributed by atoms with Crippen LogP contribution in [0.1, 0.15) is 18.4 Å². The molecule has 1 aromatic rings. The highest BCUT2D eigenvalue weighted by atomic mass is 16.6. The molecule has 1 amide bonds. The zero-order chi connectivity index (χ0) is 16.3. The molecule has 0 bridgehead atoms. The topological polar surface area (TPSA) is 48.0 Å². The molecule has 0 atom stereocenters. The summed E-state index contributed by atoms with van der Waals surface area (Å²) in [6.45, 7) is 1.56. The number of ether oxygens (including phenoxy) is 3. The van der Waals surface area contributed by atoms with Gasteiger partial charge >= 0.3 is 6.09 Å². The van der Waals surface area contributed by atoms with Gasteiger partial charge < -0.3 is 14.2 Å². The fourth-order valence-corrected chi connectivity index (χ4v) is 2.05. The van der Waals surface area contributed by atoms with E-state index < -0.39 is 0 Å². The molecule has 0 N–H and O–H groups in total. The van der Waals surface area contributed by atoms with Crippen molar-refractivity contribution in [1.82, 2.24) is 4.90 Å². The Bertz CT molecular complexity index is 524. The van der Waals surface area contributed by atoms with Gasteiger partial charge in [0.05, 0.1) is 19.8 Å². The number of hydrogen-bond acceptors (Lipinski definition) is 4. The second kappa shape index (κ2) is 9.69. The Hall–Kier alpha value is -2.27. The predicted molar refractivity (Wildman–Crippen MR) is 88.2 cm³/mol. The molecule has 5 nitrogen and oxygen atoms in total. The van der Waals surface area contributed by atoms with Gasteiger partial charge in [0.15, 0.2) is 0 Å². The average molecular weight is 317 g/mol. The Morgan fingerprint density at radius 2 is 1.83 bits per heavy atom. The lowest BCUT2D eigenvalue weighted by molar-refractivity contribution is 0.120. The van der Waals surface area contributed by atoms with E-state index in [1.54, 1.807) is 19.5 Å². The van der Waals surface area contributed by atoms with Crippen LogP contribution in [0.3, 0.4) is 0 Å². The molecule has 0 fully saturated rings. The van der Waals surface area contributed by atoms with Crippen LogP contribution < -0.4 is 4.74 Å². The Labute approximate surface area is 137 Å². The number of amides is 1. The first-order valence-electron chi connectivity index (χ1n) is 7.78. The van der Waals surface area contributed by atoms with E-state index in [-0.39, 0.29) is 6.09 Å². The monoisotopic (exact) mass is 317 g/mol. The van der Waals surface area contributed by atoms with Crippen molar-refractivity contribution in [3.63, 3.8) is 0 Å². The largest absolute Gasteiger partial charge is 0.493 e. The molecule has 1 aromatic carbocycles. The molecule has 5 heteroatoms. The summed E-state index contributed by atoms with van der Waals surface area (Å²) in [4.78, 5) is 13.1. The van der Waals surface area contributed by atoms with Crippen LogP contribution in [-0.4, -0.2) is 37.9 Å². The molecular weight excluding hydrogens is 294 g/mol. The molecule has 0 aliphatic carbocycles. The first kappa shape index (κ1) is 17.1. The second-order valence-corrected chi connectivity index (χ2v) is 5.12. The Balaban J connectivity index is 1.59. The van der Waals surface area contributed by atoms with Gasteiger partial charge in [-0.05, 0) is 30.5 Å². The summed E-state index contributed by atoms with van der Waals surface area (Å²) in [7, 11) is 1.70. The summed E-state index contributed by atoms with van der Waals surface area (Å²) in [6, 6.07) is 7.95. The van der Waals surface area contributed by atoms with Gasteiger partial charge in [0.2, 0.25) is 0 Å². The van der Waals surface area contributed by atoms with Crippen LogP contribution >= 0.6 is 0 Å². The second-order valence-electron chi connectivity index (χ2n) is 5.12. The molecule has 0 spiro atoms. The van der Waals surface area contributed by atoms with E-state index in [4.69, 9.17) is 14.2 Å². The van der Waals surface area contributed by atoms with E-state index in [0.717, 1.165) is 18.6 Å². The zero-order valence-corrected chi connectivity index (χ0v) is 13.4. The smallest absolute Gasteiger partial charge is 0.417 e. The van der Waals surface area contributed by atoms with Crippen LogP contribution in [0.2, 0.25) is 0 Å². The standard InChI is InChI=1S/C18H23NO4/c1-21-15-10-16-6-8-17(9-7-16)22-13-5-14-23-18(20)19-11-3-2-4-12-19/h3-4,6-9,11-12H,2,5,10,13-15H2,1H3. The molecule has 23 heavy (non-hydrogen) atoms. The summed E-state index contributed by atoms with van der Waals surface area (Å²) in [5.74, 6) is 0.819. The quantitative estimate of drug-likeness (QED) is 0.688. The maximum atomic E-state index is 11.7. The molecule has 1 aliphatic rings. The van der Waals surface area contributed by atoms with Crippen LogP contribution in [0.5, 0.6) is 5.75 Å². The highest BCUT2D eigenvalue weighted by Crippen LogP contribution is 2.13. The number of hydrogen-bond donors (Lipinski definition) is 0. The Morgan fingerprint density at radius 3 is 2.52 bits per heavy atom. The van der Waals surface area contributed by atoms with E-state index in [9.17, 15) is 4.79 Å². The summed E-state index contributed by atoms with van der Waals surface area (Å²) < 4.78 is 15.8. The number of carbonyl (C=O) groups excluding carboxylic acids is 1. The van der Waals surface area contributed by atoms with E-state index in [1.807, 2.05) is 36.4 Å². The molecule has 0 aromatic heterocycles. The maximum absolute atomic E-state index is 11.7. The van der Waals surface area contributed by atoms with Crippen LogP contribution in [0.25, 0.3) is 0 Å². The summed E-state index contributed by atoms with van der Waals surface area (Å²) in [6.07, 6.45) is 9.27. The summed E-state index contributed by atoms with van der Waals surface area (Å²) in [5, 5.41) is 0. The molecule has 0 radical (unpaired) electrons. The van der Waals surface area contributed by atoms with Crippen molar-refractivity contribution >= 4 is 6.09 Å². The number of allylic oxidation sites excluding steroid dienone is 2. The van der Waals surface area contributed by atoms with E-state index in [2.05, 4.69) is 0 Å². The molecule has 0 saturated carbocycles. The summed E-state index contributed by atoms with van der Waals surface area (Å²) >= 11 is 0. The van der Waals surface area contributed by atoms with Crippen LogP contribution in [0, 0.1) is 0 Å². The van der Waals surface area contributed by atoms with Crippen LogP contribution in [0.15, 0.2) is 48.8 Å². The van der Waals surface area contributed by atoms with E-state index >= 15 is 0 Å². The van der Waals surface area contributed by atoms with Gasteiger partial charge in [-0.15, -0.1) is 0 Å². The molecule has 0 saturated heterocycles. The minimum absolute atomic E-state index is 0.336. The summed E-state index contributed by atoms with van der Waals surface area (Å²) in [5.41, 5.74) is 1.22. The van der Waals surface area contributed by atoms with Gasteiger partial charge in [-0.1, -0.05) is 24.3 Å². The van der Waals surface area contributed by atoms with Crippen LogP contribution in [-0.2, 0) is 15.9 Å².